The number of hydrogen-bond acceptors (Lipinski definition) is 2. The van der Waals surface area contributed by atoms with Gasteiger partial charge in [0.15, 0.2) is 0 Å². The summed E-state index contributed by atoms with van der Waals surface area (Å²) in [7, 11) is 0. The summed E-state index contributed by atoms with van der Waals surface area (Å²) in [5.41, 5.74) is 14.9. The molecule has 0 radical (unpaired) electrons. The van der Waals surface area contributed by atoms with Crippen molar-refractivity contribution in [2.45, 2.75) is 12.8 Å². The monoisotopic (exact) mass is 741 g/mol. The number of fused-ring (bicyclic) bond motifs is 5. The minimum atomic E-state index is 0.961. The highest BCUT2D eigenvalue weighted by atomic mass is 16.3. The van der Waals surface area contributed by atoms with Gasteiger partial charge in [-0.05, 0) is 116 Å². The molecule has 0 aliphatic heterocycles. The molecule has 1 aromatic heterocycles. The molecule has 0 N–H and O–H groups in total. The third-order valence-electron chi connectivity index (χ3n) is 11.7. The third kappa shape index (κ3) is 5.98. The quantitative estimate of drug-likeness (QED) is 0.162. The summed E-state index contributed by atoms with van der Waals surface area (Å²) < 4.78 is 6.51. The molecule has 0 fully saturated rings. The van der Waals surface area contributed by atoms with Crippen LogP contribution in [0.5, 0.6) is 0 Å². The van der Waals surface area contributed by atoms with Gasteiger partial charge in [0.1, 0.15) is 11.3 Å². The molecule has 0 saturated carbocycles. The Balaban J connectivity index is 1.07. The van der Waals surface area contributed by atoms with E-state index < -0.39 is 0 Å². The summed E-state index contributed by atoms with van der Waals surface area (Å²) in [4.78, 5) is 2.41. The fourth-order valence-corrected chi connectivity index (χ4v) is 8.86. The molecule has 1 aliphatic rings. The molecule has 0 saturated heterocycles. The molecule has 2 heteroatoms. The molecule has 0 bridgehead atoms. The second-order valence-corrected chi connectivity index (χ2v) is 15.2. The Bertz CT molecular complexity index is 3180. The zero-order valence-electron chi connectivity index (χ0n) is 32.0. The van der Waals surface area contributed by atoms with E-state index in [9.17, 15) is 0 Å². The fraction of sp³-hybridized carbons (Fsp3) is 0.0357. The Kier molecular flexibility index (Phi) is 8.33. The van der Waals surface area contributed by atoms with E-state index >= 15 is 0 Å². The molecule has 9 aromatic carbocycles. The van der Waals surface area contributed by atoms with Crippen LogP contribution in [0.3, 0.4) is 0 Å². The number of allylic oxidation sites excluding steroid dienone is 1. The highest BCUT2D eigenvalue weighted by molar-refractivity contribution is 5.99. The number of aryl methyl sites for hydroxylation is 1. The molecular weight excluding hydrogens is 703 g/mol. The Hall–Kier alpha value is -7.42. The number of furan rings is 1. The first-order valence-electron chi connectivity index (χ1n) is 20.1. The van der Waals surface area contributed by atoms with E-state index in [-0.39, 0.29) is 0 Å². The van der Waals surface area contributed by atoms with Crippen LogP contribution in [0.2, 0.25) is 0 Å². The number of nitrogens with zero attached hydrogens (tertiary/aromatic N) is 1. The van der Waals surface area contributed by atoms with Crippen LogP contribution in [0.4, 0.5) is 17.1 Å². The molecular formula is C56H39NO. The first-order chi connectivity index (χ1) is 28.7. The van der Waals surface area contributed by atoms with E-state index in [0.29, 0.717) is 0 Å². The molecule has 2 nitrogen and oxygen atoms in total. The molecule has 274 valence electrons. The van der Waals surface area contributed by atoms with Crippen LogP contribution in [0.15, 0.2) is 211 Å². The average molecular weight is 742 g/mol. The summed E-state index contributed by atoms with van der Waals surface area (Å²) in [6.45, 7) is 0. The molecule has 58 heavy (non-hydrogen) atoms. The predicted octanol–water partition coefficient (Wildman–Crippen LogP) is 15.8. The van der Waals surface area contributed by atoms with Crippen LogP contribution in [0, 0.1) is 0 Å². The zero-order valence-corrected chi connectivity index (χ0v) is 32.0. The Labute approximate surface area is 338 Å². The lowest BCUT2D eigenvalue weighted by molar-refractivity contribution is 0.596. The van der Waals surface area contributed by atoms with Gasteiger partial charge >= 0.3 is 0 Å². The lowest BCUT2D eigenvalue weighted by Gasteiger charge is -2.29. The van der Waals surface area contributed by atoms with Gasteiger partial charge in [-0.1, -0.05) is 164 Å². The Morgan fingerprint density at radius 1 is 0.397 bits per heavy atom. The van der Waals surface area contributed by atoms with E-state index in [0.717, 1.165) is 57.9 Å². The largest absolute Gasteiger partial charge is 0.456 e. The van der Waals surface area contributed by atoms with Gasteiger partial charge in [0.05, 0.1) is 5.69 Å². The van der Waals surface area contributed by atoms with Gasteiger partial charge in [-0.3, -0.25) is 0 Å². The predicted molar refractivity (Wildman–Crippen MR) is 245 cm³/mol. The summed E-state index contributed by atoms with van der Waals surface area (Å²) in [5, 5.41) is 6.16. The maximum Gasteiger partial charge on any atom is 0.142 e. The van der Waals surface area contributed by atoms with E-state index in [2.05, 4.69) is 217 Å². The van der Waals surface area contributed by atoms with Crippen molar-refractivity contribution in [1.82, 2.24) is 0 Å². The zero-order chi connectivity index (χ0) is 38.4. The maximum atomic E-state index is 6.51. The SMILES string of the molecule is C1=Cc2oc3c(-c4ccc(N(c5cccc(-c6ccc7ccccc7c6)c5)c5ccccc5-c5ccccc5-c5ccc6ccccc6c5)cc4)cccc3c2CC1. The van der Waals surface area contributed by atoms with Gasteiger partial charge in [0, 0.05) is 33.5 Å². The van der Waals surface area contributed by atoms with Crippen molar-refractivity contribution in [3.8, 4) is 44.5 Å². The van der Waals surface area contributed by atoms with Gasteiger partial charge in [0.2, 0.25) is 0 Å². The highest BCUT2D eigenvalue weighted by Crippen LogP contribution is 2.45. The molecule has 1 aliphatic carbocycles. The number of hydrogen-bond donors (Lipinski definition) is 0. The van der Waals surface area contributed by atoms with Crippen molar-refractivity contribution < 1.29 is 4.42 Å². The maximum absolute atomic E-state index is 6.51. The van der Waals surface area contributed by atoms with E-state index in [4.69, 9.17) is 4.42 Å². The first kappa shape index (κ1) is 33.9. The highest BCUT2D eigenvalue weighted by Gasteiger charge is 2.21. The number of para-hydroxylation sites is 2. The van der Waals surface area contributed by atoms with Crippen molar-refractivity contribution in [3.63, 3.8) is 0 Å². The van der Waals surface area contributed by atoms with Crippen LogP contribution >= 0.6 is 0 Å². The molecule has 11 rings (SSSR count). The van der Waals surface area contributed by atoms with Gasteiger partial charge in [0.25, 0.3) is 0 Å². The van der Waals surface area contributed by atoms with Crippen LogP contribution in [-0.4, -0.2) is 0 Å². The lowest BCUT2D eigenvalue weighted by atomic mass is 9.92. The van der Waals surface area contributed by atoms with E-state index in [1.165, 1.54) is 60.3 Å². The van der Waals surface area contributed by atoms with Gasteiger partial charge in [-0.15, -0.1) is 0 Å². The van der Waals surface area contributed by atoms with Crippen LogP contribution in [-0.2, 0) is 6.42 Å². The first-order valence-corrected chi connectivity index (χ1v) is 20.1. The summed E-state index contributed by atoms with van der Waals surface area (Å²) in [6.07, 6.45) is 6.40. The van der Waals surface area contributed by atoms with Crippen molar-refractivity contribution in [3.05, 3.63) is 218 Å². The average Bonchev–Trinajstić information content (AvgIpc) is 3.68. The van der Waals surface area contributed by atoms with E-state index in [1.807, 2.05) is 0 Å². The van der Waals surface area contributed by atoms with Gasteiger partial charge in [-0.2, -0.15) is 0 Å². The second-order valence-electron chi connectivity index (χ2n) is 15.2. The van der Waals surface area contributed by atoms with E-state index in [1.54, 1.807) is 0 Å². The van der Waals surface area contributed by atoms with Gasteiger partial charge < -0.3 is 9.32 Å². The smallest absolute Gasteiger partial charge is 0.142 e. The lowest BCUT2D eigenvalue weighted by Crippen LogP contribution is -2.11. The molecule has 0 spiro atoms. The number of rotatable bonds is 7. The second kappa shape index (κ2) is 14.3. The number of anilines is 3. The van der Waals surface area contributed by atoms with Crippen LogP contribution in [0.1, 0.15) is 17.7 Å². The van der Waals surface area contributed by atoms with Crippen molar-refractivity contribution in [2.75, 3.05) is 4.90 Å². The summed E-state index contributed by atoms with van der Waals surface area (Å²) in [5.74, 6) is 0.989. The Morgan fingerprint density at radius 2 is 1.00 bits per heavy atom. The third-order valence-corrected chi connectivity index (χ3v) is 11.7. The minimum Gasteiger partial charge on any atom is -0.456 e. The summed E-state index contributed by atoms with van der Waals surface area (Å²) >= 11 is 0. The fourth-order valence-electron chi connectivity index (χ4n) is 8.86. The topological polar surface area (TPSA) is 16.4 Å². The van der Waals surface area contributed by atoms with Crippen LogP contribution in [0.25, 0.3) is 83.1 Å². The molecule has 0 amide bonds. The van der Waals surface area contributed by atoms with Crippen molar-refractivity contribution in [2.24, 2.45) is 0 Å². The Morgan fingerprint density at radius 3 is 1.79 bits per heavy atom. The van der Waals surface area contributed by atoms with Crippen LogP contribution < -0.4 is 4.90 Å². The minimum absolute atomic E-state index is 0.961. The molecule has 10 aromatic rings. The normalized spacial score (nSPS) is 12.3. The molecule has 0 atom stereocenters. The number of benzene rings is 9. The van der Waals surface area contributed by atoms with Crippen molar-refractivity contribution in [1.29, 1.82) is 0 Å². The van der Waals surface area contributed by atoms with Crippen molar-refractivity contribution >= 4 is 55.7 Å². The molecule has 0 unspecified atom stereocenters. The standard InChI is InChI=1S/C56H39NO/c1-3-15-41-35-44(29-27-38(41)13-1)43-17-11-18-47(37-43)57(46-33-31-40(32-34-46)49-23-12-24-53-52-22-8-10-26-55(52)58-56(49)53)54-25-9-7-21-51(54)50-20-6-5-19-48(50)45-30-28-39-14-2-4-16-42(39)36-45/h1-7,9-21,23-37H,8,22H2. The summed E-state index contributed by atoms with van der Waals surface area (Å²) in [6, 6.07) is 72.8. The van der Waals surface area contributed by atoms with Gasteiger partial charge in [-0.25, -0.2) is 0 Å². The molecule has 1 heterocycles.